The summed E-state index contributed by atoms with van der Waals surface area (Å²) in [6.45, 7) is 6.60. The van der Waals surface area contributed by atoms with Crippen LogP contribution in [0.5, 0.6) is 5.75 Å². The van der Waals surface area contributed by atoms with Crippen molar-refractivity contribution in [1.82, 2.24) is 0 Å². The lowest BCUT2D eigenvalue weighted by Gasteiger charge is -2.52. The molecular formula is C17H24N2O. The molecule has 0 atom stereocenters. The van der Waals surface area contributed by atoms with Gasteiger partial charge in [0.05, 0.1) is 18.4 Å². The minimum absolute atomic E-state index is 0.442. The van der Waals surface area contributed by atoms with E-state index in [4.69, 9.17) is 4.74 Å². The second kappa shape index (κ2) is 6.17. The van der Waals surface area contributed by atoms with Crippen LogP contribution in [0.3, 0.4) is 0 Å². The van der Waals surface area contributed by atoms with Crippen molar-refractivity contribution in [3.8, 4) is 11.8 Å². The van der Waals surface area contributed by atoms with Crippen LogP contribution in [-0.4, -0.2) is 20.2 Å². The SMILES string of the molecule is CCCC1(CCC)CN(c2c(C#N)cccc2OC)C1. The fourth-order valence-electron chi connectivity index (χ4n) is 3.53. The molecule has 0 bridgehead atoms. The second-order valence-corrected chi connectivity index (χ2v) is 5.82. The van der Waals surface area contributed by atoms with Crippen molar-refractivity contribution >= 4 is 5.69 Å². The third-order valence-corrected chi connectivity index (χ3v) is 4.27. The molecule has 3 nitrogen and oxygen atoms in total. The van der Waals surface area contributed by atoms with E-state index in [1.54, 1.807) is 7.11 Å². The van der Waals surface area contributed by atoms with Crippen LogP contribution in [0.15, 0.2) is 18.2 Å². The molecule has 0 aliphatic carbocycles. The first-order chi connectivity index (χ1) is 9.69. The van der Waals surface area contributed by atoms with Crippen molar-refractivity contribution in [2.24, 2.45) is 5.41 Å². The number of hydrogen-bond acceptors (Lipinski definition) is 3. The Bertz CT molecular complexity index is 490. The lowest BCUT2D eigenvalue weighted by Crippen LogP contribution is -2.56. The number of nitriles is 1. The largest absolute Gasteiger partial charge is 0.495 e. The molecule has 2 rings (SSSR count). The molecule has 0 unspecified atom stereocenters. The summed E-state index contributed by atoms with van der Waals surface area (Å²) >= 11 is 0. The maximum absolute atomic E-state index is 9.31. The van der Waals surface area contributed by atoms with Crippen LogP contribution >= 0.6 is 0 Å². The van der Waals surface area contributed by atoms with Gasteiger partial charge in [0.15, 0.2) is 0 Å². The van der Waals surface area contributed by atoms with Gasteiger partial charge in [-0.05, 0) is 25.0 Å². The molecule has 0 saturated carbocycles. The van der Waals surface area contributed by atoms with Crippen molar-refractivity contribution in [3.63, 3.8) is 0 Å². The van der Waals surface area contributed by atoms with E-state index in [9.17, 15) is 5.26 Å². The van der Waals surface area contributed by atoms with Crippen molar-refractivity contribution in [2.45, 2.75) is 39.5 Å². The molecule has 1 aromatic rings. The van der Waals surface area contributed by atoms with Crippen LogP contribution in [0, 0.1) is 16.7 Å². The highest BCUT2D eigenvalue weighted by molar-refractivity contribution is 5.69. The van der Waals surface area contributed by atoms with Crippen LogP contribution in [0.4, 0.5) is 5.69 Å². The van der Waals surface area contributed by atoms with Crippen LogP contribution in [0.2, 0.25) is 0 Å². The Hall–Kier alpha value is -1.69. The molecule has 3 heteroatoms. The highest BCUT2D eigenvalue weighted by atomic mass is 16.5. The highest BCUT2D eigenvalue weighted by Crippen LogP contribution is 2.45. The summed E-state index contributed by atoms with van der Waals surface area (Å²) in [5.41, 5.74) is 2.13. The van der Waals surface area contributed by atoms with Crippen LogP contribution in [0.25, 0.3) is 0 Å². The maximum Gasteiger partial charge on any atom is 0.143 e. The zero-order chi connectivity index (χ0) is 14.6. The predicted octanol–water partition coefficient (Wildman–Crippen LogP) is 3.97. The Morgan fingerprint density at radius 3 is 2.40 bits per heavy atom. The molecular weight excluding hydrogens is 248 g/mol. The number of hydrogen-bond donors (Lipinski definition) is 0. The van der Waals surface area contributed by atoms with Gasteiger partial charge in [-0.2, -0.15) is 5.26 Å². The molecule has 0 N–H and O–H groups in total. The molecule has 0 aromatic heterocycles. The number of methoxy groups -OCH3 is 1. The van der Waals surface area contributed by atoms with E-state index in [0.717, 1.165) is 24.5 Å². The number of ether oxygens (including phenoxy) is 1. The van der Waals surface area contributed by atoms with Gasteiger partial charge < -0.3 is 9.64 Å². The van der Waals surface area contributed by atoms with Crippen LogP contribution < -0.4 is 9.64 Å². The number of benzene rings is 1. The Balaban J connectivity index is 2.22. The first-order valence-electron chi connectivity index (χ1n) is 7.51. The van der Waals surface area contributed by atoms with E-state index >= 15 is 0 Å². The quantitative estimate of drug-likeness (QED) is 0.786. The molecule has 108 valence electrons. The second-order valence-electron chi connectivity index (χ2n) is 5.82. The van der Waals surface area contributed by atoms with E-state index in [1.807, 2.05) is 18.2 Å². The highest BCUT2D eigenvalue weighted by Gasteiger charge is 2.42. The zero-order valence-corrected chi connectivity index (χ0v) is 12.8. The van der Waals surface area contributed by atoms with Gasteiger partial charge in [0.2, 0.25) is 0 Å². The molecule has 0 spiro atoms. The first-order valence-corrected chi connectivity index (χ1v) is 7.51. The third kappa shape index (κ3) is 2.60. The fourth-order valence-corrected chi connectivity index (χ4v) is 3.53. The molecule has 1 aliphatic heterocycles. The molecule has 1 heterocycles. The van der Waals surface area contributed by atoms with Crippen molar-refractivity contribution in [3.05, 3.63) is 23.8 Å². The van der Waals surface area contributed by atoms with Gasteiger partial charge >= 0.3 is 0 Å². The number of anilines is 1. The predicted molar refractivity (Wildman–Crippen MR) is 82.2 cm³/mol. The van der Waals surface area contributed by atoms with Gasteiger partial charge in [0.1, 0.15) is 11.8 Å². The topological polar surface area (TPSA) is 36.3 Å². The first kappa shape index (κ1) is 14.7. The molecule has 1 aliphatic rings. The smallest absolute Gasteiger partial charge is 0.143 e. The average molecular weight is 272 g/mol. The van der Waals surface area contributed by atoms with Crippen molar-refractivity contribution < 1.29 is 4.74 Å². The molecule has 1 fully saturated rings. The Labute approximate surface area is 122 Å². The van der Waals surface area contributed by atoms with E-state index in [0.29, 0.717) is 11.0 Å². The average Bonchev–Trinajstić information content (AvgIpc) is 2.43. The Kier molecular flexibility index (Phi) is 4.54. The number of rotatable bonds is 6. The summed E-state index contributed by atoms with van der Waals surface area (Å²) in [7, 11) is 1.67. The van der Waals surface area contributed by atoms with E-state index < -0.39 is 0 Å². The summed E-state index contributed by atoms with van der Waals surface area (Å²) in [4.78, 5) is 2.31. The number of para-hydroxylation sites is 1. The summed E-state index contributed by atoms with van der Waals surface area (Å²) < 4.78 is 5.44. The summed E-state index contributed by atoms with van der Waals surface area (Å²) in [6.07, 6.45) is 5.00. The minimum Gasteiger partial charge on any atom is -0.495 e. The number of nitrogens with zero attached hydrogens (tertiary/aromatic N) is 2. The van der Waals surface area contributed by atoms with E-state index in [-0.39, 0.29) is 0 Å². The van der Waals surface area contributed by atoms with Crippen molar-refractivity contribution in [1.29, 1.82) is 5.26 Å². The van der Waals surface area contributed by atoms with Crippen LogP contribution in [-0.2, 0) is 0 Å². The Morgan fingerprint density at radius 1 is 1.25 bits per heavy atom. The molecule has 1 saturated heterocycles. The van der Waals surface area contributed by atoms with Gasteiger partial charge in [-0.3, -0.25) is 0 Å². The normalized spacial score (nSPS) is 16.4. The summed E-state index contributed by atoms with van der Waals surface area (Å²) in [6, 6.07) is 7.98. The monoisotopic (exact) mass is 272 g/mol. The molecule has 0 amide bonds. The van der Waals surface area contributed by atoms with Gasteiger partial charge in [-0.15, -0.1) is 0 Å². The lowest BCUT2D eigenvalue weighted by molar-refractivity contribution is 0.172. The fraction of sp³-hybridized carbons (Fsp3) is 0.588. The van der Waals surface area contributed by atoms with Gasteiger partial charge in [0, 0.05) is 18.5 Å². The maximum atomic E-state index is 9.31. The minimum atomic E-state index is 0.442. The van der Waals surface area contributed by atoms with Gasteiger partial charge in [-0.25, -0.2) is 0 Å². The lowest BCUT2D eigenvalue weighted by atomic mass is 9.72. The molecule has 20 heavy (non-hydrogen) atoms. The van der Waals surface area contributed by atoms with E-state index in [1.165, 1.54) is 25.7 Å². The van der Waals surface area contributed by atoms with Crippen molar-refractivity contribution in [2.75, 3.05) is 25.1 Å². The summed E-state index contributed by atoms with van der Waals surface area (Å²) in [5, 5.41) is 9.31. The van der Waals surface area contributed by atoms with E-state index in [2.05, 4.69) is 24.8 Å². The van der Waals surface area contributed by atoms with Gasteiger partial charge in [-0.1, -0.05) is 32.8 Å². The Morgan fingerprint density at radius 2 is 1.90 bits per heavy atom. The summed E-state index contributed by atoms with van der Waals surface area (Å²) in [5.74, 6) is 0.811. The van der Waals surface area contributed by atoms with Crippen LogP contribution in [0.1, 0.15) is 45.1 Å². The third-order valence-electron chi connectivity index (χ3n) is 4.27. The standard InChI is InChI=1S/C17H24N2O/c1-4-9-17(10-5-2)12-19(13-17)16-14(11-18)7-6-8-15(16)20-3/h6-8H,4-5,9-10,12-13H2,1-3H3. The zero-order valence-electron chi connectivity index (χ0n) is 12.8. The molecule has 1 aromatic carbocycles. The van der Waals surface area contributed by atoms with Gasteiger partial charge in [0.25, 0.3) is 0 Å². The molecule has 0 radical (unpaired) electrons.